The first-order valence-electron chi connectivity index (χ1n) is 5.56. The molecule has 0 aliphatic heterocycles. The van der Waals surface area contributed by atoms with E-state index in [1.54, 1.807) is 7.11 Å². The lowest BCUT2D eigenvalue weighted by atomic mass is 10.2. The van der Waals surface area contributed by atoms with Crippen molar-refractivity contribution in [3.63, 3.8) is 0 Å². The summed E-state index contributed by atoms with van der Waals surface area (Å²) < 4.78 is 10.2. The molecule has 0 saturated heterocycles. The number of nitrogens with zero attached hydrogens (tertiary/aromatic N) is 1. The summed E-state index contributed by atoms with van der Waals surface area (Å²) in [5, 5.41) is 11.6. The standard InChI is InChI=1S/C11H22N2O2/c1-14-10-11-15-9-5-8-13-7-4-2-3-6-12/h13H,2-5,7-11H2,1H3. The molecule has 0 aliphatic carbocycles. The Morgan fingerprint density at radius 1 is 1.07 bits per heavy atom. The van der Waals surface area contributed by atoms with Gasteiger partial charge in [0.15, 0.2) is 0 Å². The van der Waals surface area contributed by atoms with E-state index in [1.165, 1.54) is 0 Å². The zero-order valence-electron chi connectivity index (χ0n) is 9.63. The average molecular weight is 214 g/mol. The molecule has 0 aliphatic rings. The summed E-state index contributed by atoms with van der Waals surface area (Å²) in [6.07, 6.45) is 3.77. The average Bonchev–Trinajstić information content (AvgIpc) is 2.26. The highest BCUT2D eigenvalue weighted by molar-refractivity contribution is 4.68. The lowest BCUT2D eigenvalue weighted by Gasteiger charge is -2.04. The maximum absolute atomic E-state index is 8.31. The fourth-order valence-corrected chi connectivity index (χ4v) is 1.12. The Morgan fingerprint density at radius 3 is 2.60 bits per heavy atom. The zero-order valence-corrected chi connectivity index (χ0v) is 9.63. The molecule has 0 atom stereocenters. The van der Waals surface area contributed by atoms with Crippen LogP contribution in [0.15, 0.2) is 0 Å². The van der Waals surface area contributed by atoms with E-state index in [9.17, 15) is 0 Å². The molecule has 4 heteroatoms. The normalized spacial score (nSPS) is 10.1. The number of unbranched alkanes of at least 4 members (excludes halogenated alkanes) is 2. The summed E-state index contributed by atoms with van der Waals surface area (Å²) in [5.74, 6) is 0. The second-order valence-electron chi connectivity index (χ2n) is 3.32. The summed E-state index contributed by atoms with van der Waals surface area (Å²) in [6.45, 7) is 4.12. The van der Waals surface area contributed by atoms with Gasteiger partial charge in [0, 0.05) is 20.1 Å². The molecular weight excluding hydrogens is 192 g/mol. The van der Waals surface area contributed by atoms with Gasteiger partial charge in [-0.05, 0) is 32.4 Å². The molecule has 0 spiro atoms. The van der Waals surface area contributed by atoms with Crippen molar-refractivity contribution in [2.45, 2.75) is 25.7 Å². The van der Waals surface area contributed by atoms with E-state index < -0.39 is 0 Å². The van der Waals surface area contributed by atoms with Crippen molar-refractivity contribution in [1.29, 1.82) is 5.26 Å². The second kappa shape index (κ2) is 13.4. The fraction of sp³-hybridized carbons (Fsp3) is 0.909. The topological polar surface area (TPSA) is 54.3 Å². The third kappa shape index (κ3) is 13.4. The summed E-state index contributed by atoms with van der Waals surface area (Å²) in [4.78, 5) is 0. The molecule has 1 N–H and O–H groups in total. The first-order valence-corrected chi connectivity index (χ1v) is 5.56. The predicted octanol–water partition coefficient (Wildman–Crippen LogP) is 1.32. The van der Waals surface area contributed by atoms with Crippen LogP contribution in [0.5, 0.6) is 0 Å². The smallest absolute Gasteiger partial charge is 0.0700 e. The number of hydrogen-bond donors (Lipinski definition) is 1. The van der Waals surface area contributed by atoms with Gasteiger partial charge in [0.25, 0.3) is 0 Å². The molecule has 0 heterocycles. The molecule has 0 saturated carbocycles. The number of nitriles is 1. The van der Waals surface area contributed by atoms with Crippen LogP contribution in [0.2, 0.25) is 0 Å². The van der Waals surface area contributed by atoms with Crippen LogP contribution in [-0.2, 0) is 9.47 Å². The Morgan fingerprint density at radius 2 is 1.87 bits per heavy atom. The lowest BCUT2D eigenvalue weighted by Crippen LogP contribution is -2.18. The fourth-order valence-electron chi connectivity index (χ4n) is 1.12. The van der Waals surface area contributed by atoms with Gasteiger partial charge in [-0.25, -0.2) is 0 Å². The van der Waals surface area contributed by atoms with E-state index in [2.05, 4.69) is 11.4 Å². The van der Waals surface area contributed by atoms with Crippen molar-refractivity contribution in [3.8, 4) is 6.07 Å². The SMILES string of the molecule is COCCOCCCNCCCCC#N. The third-order valence-corrected chi connectivity index (χ3v) is 1.97. The van der Waals surface area contributed by atoms with Crippen LogP contribution in [0.3, 0.4) is 0 Å². The largest absolute Gasteiger partial charge is 0.382 e. The molecule has 0 bridgehead atoms. The van der Waals surface area contributed by atoms with Crippen molar-refractivity contribution in [1.82, 2.24) is 5.32 Å². The minimum atomic E-state index is 0.668. The Labute approximate surface area is 92.6 Å². The number of methoxy groups -OCH3 is 1. The number of rotatable bonds is 11. The van der Waals surface area contributed by atoms with Gasteiger partial charge < -0.3 is 14.8 Å². The predicted molar refractivity (Wildman–Crippen MR) is 59.6 cm³/mol. The highest BCUT2D eigenvalue weighted by atomic mass is 16.5. The minimum absolute atomic E-state index is 0.668. The lowest BCUT2D eigenvalue weighted by molar-refractivity contribution is 0.0695. The first-order chi connectivity index (χ1) is 7.41. The summed E-state index contributed by atoms with van der Waals surface area (Å²) in [6, 6.07) is 2.14. The van der Waals surface area contributed by atoms with Gasteiger partial charge in [0.1, 0.15) is 0 Å². The Bertz CT molecular complexity index is 157. The van der Waals surface area contributed by atoms with Crippen LogP contribution in [0.1, 0.15) is 25.7 Å². The number of ether oxygens (including phenoxy) is 2. The summed E-state index contributed by atoms with van der Waals surface area (Å²) in [5.41, 5.74) is 0. The number of hydrogen-bond acceptors (Lipinski definition) is 4. The van der Waals surface area contributed by atoms with Crippen molar-refractivity contribution in [3.05, 3.63) is 0 Å². The molecule has 0 unspecified atom stereocenters. The Hall–Kier alpha value is -0.630. The van der Waals surface area contributed by atoms with Crippen molar-refractivity contribution >= 4 is 0 Å². The van der Waals surface area contributed by atoms with Gasteiger partial charge >= 0.3 is 0 Å². The highest BCUT2D eigenvalue weighted by Crippen LogP contribution is 1.91. The van der Waals surface area contributed by atoms with Crippen LogP contribution >= 0.6 is 0 Å². The van der Waals surface area contributed by atoms with Crippen LogP contribution < -0.4 is 5.32 Å². The van der Waals surface area contributed by atoms with E-state index >= 15 is 0 Å². The molecule has 88 valence electrons. The zero-order chi connectivity index (χ0) is 11.2. The van der Waals surface area contributed by atoms with Gasteiger partial charge in [-0.3, -0.25) is 0 Å². The maximum atomic E-state index is 8.31. The summed E-state index contributed by atoms with van der Waals surface area (Å²) in [7, 11) is 1.67. The van der Waals surface area contributed by atoms with E-state index in [-0.39, 0.29) is 0 Å². The van der Waals surface area contributed by atoms with Crippen LogP contribution in [0, 0.1) is 11.3 Å². The van der Waals surface area contributed by atoms with Crippen LogP contribution in [-0.4, -0.2) is 40.0 Å². The summed E-state index contributed by atoms with van der Waals surface area (Å²) >= 11 is 0. The molecule has 0 aromatic heterocycles. The molecule has 15 heavy (non-hydrogen) atoms. The number of nitrogens with one attached hydrogen (secondary N) is 1. The third-order valence-electron chi connectivity index (χ3n) is 1.97. The molecule has 4 nitrogen and oxygen atoms in total. The Kier molecular flexibility index (Phi) is 12.8. The molecule has 0 aromatic carbocycles. The van der Waals surface area contributed by atoms with Gasteiger partial charge in [0.2, 0.25) is 0 Å². The van der Waals surface area contributed by atoms with Crippen LogP contribution in [0.4, 0.5) is 0 Å². The van der Waals surface area contributed by atoms with Crippen molar-refractivity contribution in [2.75, 3.05) is 40.0 Å². The van der Waals surface area contributed by atoms with Gasteiger partial charge in [-0.15, -0.1) is 0 Å². The minimum Gasteiger partial charge on any atom is -0.382 e. The van der Waals surface area contributed by atoms with Crippen molar-refractivity contribution in [2.24, 2.45) is 0 Å². The maximum Gasteiger partial charge on any atom is 0.0700 e. The Balaban J connectivity index is 2.84. The molecule has 0 aromatic rings. The molecular formula is C11H22N2O2. The quantitative estimate of drug-likeness (QED) is 0.527. The van der Waals surface area contributed by atoms with E-state index in [4.69, 9.17) is 14.7 Å². The monoisotopic (exact) mass is 214 g/mol. The molecule has 0 rings (SSSR count). The van der Waals surface area contributed by atoms with Gasteiger partial charge in [-0.1, -0.05) is 0 Å². The van der Waals surface area contributed by atoms with Crippen molar-refractivity contribution < 1.29 is 9.47 Å². The highest BCUT2D eigenvalue weighted by Gasteiger charge is 1.90. The van der Waals surface area contributed by atoms with Crippen LogP contribution in [0.25, 0.3) is 0 Å². The second-order valence-corrected chi connectivity index (χ2v) is 3.32. The van der Waals surface area contributed by atoms with Gasteiger partial charge in [0.05, 0.1) is 19.3 Å². The molecule has 0 fully saturated rings. The first kappa shape index (κ1) is 14.4. The molecule has 0 radical (unpaired) electrons. The van der Waals surface area contributed by atoms with Gasteiger partial charge in [-0.2, -0.15) is 5.26 Å². The van der Waals surface area contributed by atoms with E-state index in [1.807, 2.05) is 0 Å². The van der Waals surface area contributed by atoms with E-state index in [0.717, 1.165) is 39.0 Å². The van der Waals surface area contributed by atoms with E-state index in [0.29, 0.717) is 19.6 Å². The molecule has 0 amide bonds.